The van der Waals surface area contributed by atoms with Gasteiger partial charge in [0.05, 0.1) is 0 Å². The van der Waals surface area contributed by atoms with E-state index in [-0.39, 0.29) is 0 Å². The Bertz CT molecular complexity index is 392. The SMILES string of the molecule is CCCCCCCCCCCC1N(CCCC)C=CN1CCCCCCCCCCC. The fraction of sp³-hybridized carbons (Fsp3) is 0.931. The average Bonchev–Trinajstić information content (AvgIpc) is 3.16. The molecule has 0 amide bonds. The Hall–Kier alpha value is -0.660. The Morgan fingerprint density at radius 2 is 0.774 bits per heavy atom. The molecule has 1 heterocycles. The molecule has 0 N–H and O–H groups in total. The van der Waals surface area contributed by atoms with Crippen molar-refractivity contribution in [3.63, 3.8) is 0 Å². The van der Waals surface area contributed by atoms with Gasteiger partial charge in [-0.15, -0.1) is 0 Å². The molecular weight excluding hydrogens is 376 g/mol. The van der Waals surface area contributed by atoms with E-state index in [9.17, 15) is 0 Å². The van der Waals surface area contributed by atoms with Gasteiger partial charge in [0.25, 0.3) is 0 Å². The first-order chi connectivity index (χ1) is 15.3. The normalized spacial score (nSPS) is 16.0. The Balaban J connectivity index is 2.16. The minimum Gasteiger partial charge on any atom is -0.356 e. The third-order valence-corrected chi connectivity index (χ3v) is 7.07. The Morgan fingerprint density at radius 3 is 1.23 bits per heavy atom. The second-order valence-corrected chi connectivity index (χ2v) is 10.1. The van der Waals surface area contributed by atoms with Crippen LogP contribution in [0.1, 0.15) is 156 Å². The van der Waals surface area contributed by atoms with Crippen LogP contribution in [0.2, 0.25) is 0 Å². The third kappa shape index (κ3) is 14.9. The maximum absolute atomic E-state index is 2.67. The average molecular weight is 435 g/mol. The second kappa shape index (κ2) is 21.2. The maximum atomic E-state index is 2.67. The lowest BCUT2D eigenvalue weighted by Gasteiger charge is -2.33. The standard InChI is InChI=1S/C29H58N2/c1-4-7-10-12-14-16-18-20-22-24-29-30(25-9-6-3)27-28-31(29)26-23-21-19-17-15-13-11-8-5-2/h27-29H,4-26H2,1-3H3. The minimum atomic E-state index is 0.644. The molecule has 1 aliphatic rings. The van der Waals surface area contributed by atoms with Crippen LogP contribution >= 0.6 is 0 Å². The highest BCUT2D eigenvalue weighted by Gasteiger charge is 2.24. The summed E-state index contributed by atoms with van der Waals surface area (Å²) in [7, 11) is 0. The largest absolute Gasteiger partial charge is 0.356 e. The van der Waals surface area contributed by atoms with Gasteiger partial charge in [-0.2, -0.15) is 0 Å². The van der Waals surface area contributed by atoms with Crippen LogP contribution in [0.3, 0.4) is 0 Å². The first-order valence-electron chi connectivity index (χ1n) is 14.5. The summed E-state index contributed by atoms with van der Waals surface area (Å²) in [5, 5.41) is 0. The van der Waals surface area contributed by atoms with Gasteiger partial charge in [-0.05, 0) is 25.7 Å². The quantitative estimate of drug-likeness (QED) is 0.148. The summed E-state index contributed by atoms with van der Waals surface area (Å²) in [4.78, 5) is 5.31. The van der Waals surface area contributed by atoms with Gasteiger partial charge in [-0.25, -0.2) is 0 Å². The summed E-state index contributed by atoms with van der Waals surface area (Å²) < 4.78 is 0. The number of hydrogen-bond acceptors (Lipinski definition) is 2. The van der Waals surface area contributed by atoms with Crippen molar-refractivity contribution in [1.29, 1.82) is 0 Å². The molecule has 1 atom stereocenters. The zero-order valence-corrected chi connectivity index (χ0v) is 21.9. The summed E-state index contributed by atoms with van der Waals surface area (Å²) in [6.45, 7) is 9.43. The molecule has 31 heavy (non-hydrogen) atoms. The summed E-state index contributed by atoms with van der Waals surface area (Å²) in [6, 6.07) is 0. The van der Waals surface area contributed by atoms with Crippen molar-refractivity contribution < 1.29 is 0 Å². The van der Waals surface area contributed by atoms with Crippen LogP contribution in [0.5, 0.6) is 0 Å². The summed E-state index contributed by atoms with van der Waals surface area (Å²) in [6.07, 6.45) is 35.1. The van der Waals surface area contributed by atoms with Crippen molar-refractivity contribution in [3.05, 3.63) is 12.4 Å². The van der Waals surface area contributed by atoms with E-state index < -0.39 is 0 Å². The Kier molecular flexibility index (Phi) is 19.4. The molecule has 0 spiro atoms. The Labute approximate surface area is 197 Å². The summed E-state index contributed by atoms with van der Waals surface area (Å²) in [5.74, 6) is 0. The van der Waals surface area contributed by atoms with E-state index in [1.165, 1.54) is 148 Å². The molecular formula is C29H58N2. The van der Waals surface area contributed by atoms with Crippen LogP contribution in [0, 0.1) is 0 Å². The number of unbranched alkanes of at least 4 members (excludes halogenated alkanes) is 17. The minimum absolute atomic E-state index is 0.644. The predicted molar refractivity (Wildman–Crippen MR) is 140 cm³/mol. The van der Waals surface area contributed by atoms with Crippen molar-refractivity contribution in [2.24, 2.45) is 0 Å². The predicted octanol–water partition coefficient (Wildman–Crippen LogP) is 9.65. The van der Waals surface area contributed by atoms with Gasteiger partial charge in [0.1, 0.15) is 6.17 Å². The molecule has 0 aliphatic carbocycles. The lowest BCUT2D eigenvalue weighted by atomic mass is 10.1. The zero-order valence-electron chi connectivity index (χ0n) is 21.9. The molecule has 0 radical (unpaired) electrons. The van der Waals surface area contributed by atoms with Crippen LogP contribution in [-0.2, 0) is 0 Å². The number of nitrogens with zero attached hydrogens (tertiary/aromatic N) is 2. The van der Waals surface area contributed by atoms with Crippen LogP contribution in [0.15, 0.2) is 12.4 Å². The monoisotopic (exact) mass is 434 g/mol. The first-order valence-corrected chi connectivity index (χ1v) is 14.5. The van der Waals surface area contributed by atoms with Crippen LogP contribution in [-0.4, -0.2) is 29.1 Å². The Morgan fingerprint density at radius 1 is 0.419 bits per heavy atom. The van der Waals surface area contributed by atoms with E-state index in [1.807, 2.05) is 0 Å². The smallest absolute Gasteiger partial charge is 0.101 e. The third-order valence-electron chi connectivity index (χ3n) is 7.07. The number of hydrogen-bond donors (Lipinski definition) is 0. The molecule has 0 aromatic carbocycles. The molecule has 0 fully saturated rings. The van der Waals surface area contributed by atoms with Crippen LogP contribution < -0.4 is 0 Å². The van der Waals surface area contributed by atoms with Gasteiger partial charge < -0.3 is 9.80 Å². The van der Waals surface area contributed by atoms with Gasteiger partial charge in [0.15, 0.2) is 0 Å². The van der Waals surface area contributed by atoms with Crippen molar-refractivity contribution in [1.82, 2.24) is 9.80 Å². The van der Waals surface area contributed by atoms with Crippen LogP contribution in [0.4, 0.5) is 0 Å². The molecule has 1 rings (SSSR count). The molecule has 0 saturated carbocycles. The highest BCUT2D eigenvalue weighted by atomic mass is 15.4. The molecule has 2 heteroatoms. The van der Waals surface area contributed by atoms with Gasteiger partial charge in [-0.3, -0.25) is 0 Å². The van der Waals surface area contributed by atoms with Crippen molar-refractivity contribution >= 4 is 0 Å². The molecule has 1 unspecified atom stereocenters. The molecule has 184 valence electrons. The van der Waals surface area contributed by atoms with Gasteiger partial charge in [-0.1, -0.05) is 130 Å². The van der Waals surface area contributed by atoms with Gasteiger partial charge >= 0.3 is 0 Å². The molecule has 0 bridgehead atoms. The van der Waals surface area contributed by atoms with Crippen molar-refractivity contribution in [2.45, 2.75) is 162 Å². The topological polar surface area (TPSA) is 6.48 Å². The molecule has 0 saturated heterocycles. The van der Waals surface area contributed by atoms with E-state index >= 15 is 0 Å². The highest BCUT2D eigenvalue weighted by Crippen LogP contribution is 2.23. The van der Waals surface area contributed by atoms with E-state index in [1.54, 1.807) is 0 Å². The highest BCUT2D eigenvalue weighted by molar-refractivity contribution is 4.96. The van der Waals surface area contributed by atoms with E-state index in [0.717, 1.165) is 0 Å². The molecule has 1 aliphatic heterocycles. The molecule has 0 aromatic heterocycles. The van der Waals surface area contributed by atoms with E-state index in [2.05, 4.69) is 43.0 Å². The maximum Gasteiger partial charge on any atom is 0.101 e. The van der Waals surface area contributed by atoms with E-state index in [0.29, 0.717) is 6.17 Å². The number of rotatable bonds is 23. The second-order valence-electron chi connectivity index (χ2n) is 10.1. The lowest BCUT2D eigenvalue weighted by molar-refractivity contribution is 0.136. The molecule has 0 aromatic rings. The van der Waals surface area contributed by atoms with E-state index in [4.69, 9.17) is 0 Å². The lowest BCUT2D eigenvalue weighted by Crippen LogP contribution is -2.39. The fourth-order valence-corrected chi connectivity index (χ4v) is 4.92. The van der Waals surface area contributed by atoms with Gasteiger partial charge in [0, 0.05) is 25.5 Å². The van der Waals surface area contributed by atoms with Crippen LogP contribution in [0.25, 0.3) is 0 Å². The fourth-order valence-electron chi connectivity index (χ4n) is 4.92. The molecule has 2 nitrogen and oxygen atoms in total. The van der Waals surface area contributed by atoms with Crippen molar-refractivity contribution in [2.75, 3.05) is 13.1 Å². The summed E-state index contributed by atoms with van der Waals surface area (Å²) >= 11 is 0. The first kappa shape index (κ1) is 28.4. The zero-order chi connectivity index (χ0) is 22.4. The van der Waals surface area contributed by atoms with Gasteiger partial charge in [0.2, 0.25) is 0 Å². The van der Waals surface area contributed by atoms with Crippen molar-refractivity contribution in [3.8, 4) is 0 Å². The summed E-state index contributed by atoms with van der Waals surface area (Å²) in [5.41, 5.74) is 0.